The monoisotopic (exact) mass is 178 g/mol. The summed E-state index contributed by atoms with van der Waals surface area (Å²) in [5, 5.41) is 0. The summed E-state index contributed by atoms with van der Waals surface area (Å²) < 4.78 is 36.3. The van der Waals surface area contributed by atoms with E-state index < -0.39 is 11.6 Å². The van der Waals surface area contributed by atoms with Gasteiger partial charge < -0.3 is 4.79 Å². The van der Waals surface area contributed by atoms with Crippen molar-refractivity contribution in [2.45, 2.75) is 13.1 Å². The highest BCUT2D eigenvalue weighted by atomic mass is 19.4. The second-order valence-corrected chi connectivity index (χ2v) is 2.49. The highest BCUT2D eigenvalue weighted by Gasteiger charge is 2.49. The van der Waals surface area contributed by atoms with Crippen LogP contribution >= 0.6 is 0 Å². The van der Waals surface area contributed by atoms with Crippen LogP contribution in [0.15, 0.2) is 24.8 Å². The zero-order valence-electron chi connectivity index (χ0n) is 6.56. The zero-order chi connectivity index (χ0) is 9.83. The van der Waals surface area contributed by atoms with Gasteiger partial charge in [-0.15, -0.1) is 0 Å². The fourth-order valence-corrected chi connectivity index (χ4v) is 0.469. The van der Waals surface area contributed by atoms with Crippen LogP contribution in [0, 0.1) is 5.41 Å². The van der Waals surface area contributed by atoms with E-state index in [0.29, 0.717) is 0 Å². The first-order chi connectivity index (χ1) is 5.37. The second-order valence-electron chi connectivity index (χ2n) is 2.49. The summed E-state index contributed by atoms with van der Waals surface area (Å²) in [6, 6.07) is 0. The van der Waals surface area contributed by atoms with Gasteiger partial charge in [-0.3, -0.25) is 0 Å². The molecule has 0 aliphatic rings. The third-order valence-electron chi connectivity index (χ3n) is 1.43. The van der Waals surface area contributed by atoms with Gasteiger partial charge in [0.15, 0.2) is 0 Å². The number of allylic oxidation sites excluding steroid dienone is 3. The molecule has 12 heavy (non-hydrogen) atoms. The predicted molar refractivity (Wildman–Crippen MR) is 39.6 cm³/mol. The lowest BCUT2D eigenvalue weighted by molar-refractivity contribution is -0.194. The van der Waals surface area contributed by atoms with Crippen LogP contribution < -0.4 is 0 Å². The maximum atomic E-state index is 12.1. The summed E-state index contributed by atoms with van der Waals surface area (Å²) in [5.41, 5.74) is -2.40. The quantitative estimate of drug-likeness (QED) is 0.479. The molecule has 0 rings (SSSR count). The highest BCUT2D eigenvalue weighted by Crippen LogP contribution is 2.37. The Bertz CT molecular complexity index is 205. The lowest BCUT2D eigenvalue weighted by atomic mass is 9.91. The van der Waals surface area contributed by atoms with E-state index in [1.54, 1.807) is 0 Å². The van der Waals surface area contributed by atoms with Gasteiger partial charge in [0.05, 0.1) is 0 Å². The smallest absolute Gasteiger partial charge is 0.302 e. The number of carbonyl (C=O) groups excluding carboxylic acids is 1. The molecule has 1 nitrogen and oxygen atoms in total. The highest BCUT2D eigenvalue weighted by molar-refractivity contribution is 5.63. The maximum absolute atomic E-state index is 12.1. The normalized spacial score (nSPS) is 17.3. The Labute approximate surface area is 68.6 Å². The summed E-state index contributed by atoms with van der Waals surface area (Å²) >= 11 is 0. The first-order valence-electron chi connectivity index (χ1n) is 3.20. The van der Waals surface area contributed by atoms with Gasteiger partial charge in [0.25, 0.3) is 0 Å². The Balaban J connectivity index is 4.80. The third kappa shape index (κ3) is 2.22. The number of hydrogen-bond donors (Lipinski definition) is 0. The molecule has 0 bridgehead atoms. The second kappa shape index (κ2) is 3.56. The zero-order valence-corrected chi connectivity index (χ0v) is 6.56. The van der Waals surface area contributed by atoms with E-state index in [0.717, 1.165) is 19.1 Å². The van der Waals surface area contributed by atoms with Gasteiger partial charge in [0.1, 0.15) is 11.7 Å². The molecule has 4 heteroatoms. The first kappa shape index (κ1) is 10.9. The van der Waals surface area contributed by atoms with Gasteiger partial charge in [-0.05, 0) is 6.92 Å². The van der Waals surface area contributed by atoms with Crippen LogP contribution in [0.4, 0.5) is 13.2 Å². The topological polar surface area (TPSA) is 17.1 Å². The molecule has 0 heterocycles. The minimum atomic E-state index is -4.55. The number of halogens is 3. The number of hydrogen-bond acceptors (Lipinski definition) is 1. The SMILES string of the molecule is C=C/C=C\C(C)(C=O)C(F)(F)F. The van der Waals surface area contributed by atoms with Crippen LogP contribution in [0.5, 0.6) is 0 Å². The fraction of sp³-hybridized carbons (Fsp3) is 0.375. The number of alkyl halides is 3. The Morgan fingerprint density at radius 2 is 1.83 bits per heavy atom. The summed E-state index contributed by atoms with van der Waals surface area (Å²) in [7, 11) is 0. The third-order valence-corrected chi connectivity index (χ3v) is 1.43. The van der Waals surface area contributed by atoms with E-state index in [2.05, 4.69) is 6.58 Å². The van der Waals surface area contributed by atoms with Gasteiger partial charge in [-0.25, -0.2) is 0 Å². The van der Waals surface area contributed by atoms with Gasteiger partial charge in [-0.2, -0.15) is 13.2 Å². The van der Waals surface area contributed by atoms with Crippen molar-refractivity contribution < 1.29 is 18.0 Å². The van der Waals surface area contributed by atoms with Crippen molar-refractivity contribution in [1.29, 1.82) is 0 Å². The number of carbonyl (C=O) groups is 1. The van der Waals surface area contributed by atoms with E-state index in [9.17, 15) is 18.0 Å². The molecule has 0 aromatic rings. The Kier molecular flexibility index (Phi) is 3.24. The largest absolute Gasteiger partial charge is 0.404 e. The predicted octanol–water partition coefficient (Wildman–Crippen LogP) is 2.50. The molecule has 0 fully saturated rings. The summed E-state index contributed by atoms with van der Waals surface area (Å²) in [4.78, 5) is 10.2. The van der Waals surface area contributed by atoms with E-state index >= 15 is 0 Å². The number of rotatable bonds is 3. The van der Waals surface area contributed by atoms with Crippen molar-refractivity contribution >= 4 is 6.29 Å². The van der Waals surface area contributed by atoms with Crippen molar-refractivity contribution in [2.75, 3.05) is 0 Å². The first-order valence-corrected chi connectivity index (χ1v) is 3.20. The lowest BCUT2D eigenvalue weighted by Gasteiger charge is -2.21. The van der Waals surface area contributed by atoms with Gasteiger partial charge in [0, 0.05) is 0 Å². The maximum Gasteiger partial charge on any atom is 0.404 e. The molecule has 1 unspecified atom stereocenters. The standard InChI is InChI=1S/C8H9F3O/c1-3-4-5-7(2,6-12)8(9,10)11/h3-6H,1H2,2H3/b5-4-. The Morgan fingerprint density at radius 1 is 1.33 bits per heavy atom. The molecule has 1 atom stereocenters. The molecule has 0 saturated heterocycles. The summed E-state index contributed by atoms with van der Waals surface area (Å²) in [6.45, 7) is 4.02. The van der Waals surface area contributed by atoms with Crippen LogP contribution in [-0.2, 0) is 4.79 Å². The van der Waals surface area contributed by atoms with Crippen molar-refractivity contribution in [3.8, 4) is 0 Å². The van der Waals surface area contributed by atoms with Crippen molar-refractivity contribution in [1.82, 2.24) is 0 Å². The van der Waals surface area contributed by atoms with Crippen LogP contribution in [-0.4, -0.2) is 12.5 Å². The van der Waals surface area contributed by atoms with Gasteiger partial charge >= 0.3 is 6.18 Å². The Hall–Kier alpha value is -1.06. The van der Waals surface area contributed by atoms with Crippen LogP contribution in [0.1, 0.15) is 6.92 Å². The molecule has 68 valence electrons. The summed E-state index contributed by atoms with van der Waals surface area (Å²) in [6.07, 6.45) is -1.62. The average Bonchev–Trinajstić information content (AvgIpc) is 1.98. The molecular formula is C8H9F3O. The number of aldehydes is 1. The molecule has 0 amide bonds. The van der Waals surface area contributed by atoms with Crippen LogP contribution in [0.3, 0.4) is 0 Å². The Morgan fingerprint density at radius 3 is 2.08 bits per heavy atom. The molecule has 0 aromatic heterocycles. The lowest BCUT2D eigenvalue weighted by Crippen LogP contribution is -2.34. The molecular weight excluding hydrogens is 169 g/mol. The van der Waals surface area contributed by atoms with Crippen molar-refractivity contribution in [2.24, 2.45) is 5.41 Å². The molecule has 0 aromatic carbocycles. The van der Waals surface area contributed by atoms with Crippen molar-refractivity contribution in [3.63, 3.8) is 0 Å². The van der Waals surface area contributed by atoms with Crippen molar-refractivity contribution in [3.05, 3.63) is 24.8 Å². The van der Waals surface area contributed by atoms with Crippen LogP contribution in [0.2, 0.25) is 0 Å². The van der Waals surface area contributed by atoms with E-state index in [1.165, 1.54) is 6.08 Å². The fourth-order valence-electron chi connectivity index (χ4n) is 0.469. The minimum Gasteiger partial charge on any atom is -0.302 e. The van der Waals surface area contributed by atoms with E-state index in [-0.39, 0.29) is 6.29 Å². The molecule has 0 radical (unpaired) electrons. The molecule has 0 N–H and O–H groups in total. The van der Waals surface area contributed by atoms with Gasteiger partial charge in [0.2, 0.25) is 0 Å². The average molecular weight is 178 g/mol. The molecule has 0 spiro atoms. The molecule has 0 saturated carbocycles. The molecule has 0 aliphatic carbocycles. The molecule has 0 aliphatic heterocycles. The minimum absolute atomic E-state index is 0.132. The van der Waals surface area contributed by atoms with Gasteiger partial charge in [-0.1, -0.05) is 24.8 Å². The summed E-state index contributed by atoms with van der Waals surface area (Å²) in [5.74, 6) is 0. The van der Waals surface area contributed by atoms with E-state index in [1.807, 2.05) is 0 Å². The van der Waals surface area contributed by atoms with E-state index in [4.69, 9.17) is 0 Å². The van der Waals surface area contributed by atoms with Crippen LogP contribution in [0.25, 0.3) is 0 Å².